The third-order valence-electron chi connectivity index (χ3n) is 3.96. The van der Waals surface area contributed by atoms with E-state index in [1.165, 1.54) is 25.7 Å². The second-order valence-electron chi connectivity index (χ2n) is 5.69. The molecule has 19 heavy (non-hydrogen) atoms. The number of unbranched alkanes of at least 4 members (excludes halogenated alkanes) is 6. The predicted molar refractivity (Wildman–Crippen MR) is 79.0 cm³/mol. The van der Waals surface area contributed by atoms with E-state index in [2.05, 4.69) is 6.92 Å². The van der Waals surface area contributed by atoms with Crippen molar-refractivity contribution in [2.45, 2.75) is 82.8 Å². The summed E-state index contributed by atoms with van der Waals surface area (Å²) in [6.45, 7) is 2.19. The van der Waals surface area contributed by atoms with Crippen molar-refractivity contribution in [1.82, 2.24) is 0 Å². The zero-order valence-corrected chi connectivity index (χ0v) is 13.0. The van der Waals surface area contributed by atoms with E-state index in [-0.39, 0.29) is 11.5 Å². The van der Waals surface area contributed by atoms with Crippen LogP contribution in [0.1, 0.15) is 77.6 Å². The van der Waals surface area contributed by atoms with Crippen molar-refractivity contribution in [3.63, 3.8) is 0 Å². The second-order valence-corrected chi connectivity index (χ2v) is 7.99. The second kappa shape index (κ2) is 8.72. The van der Waals surface area contributed by atoms with E-state index in [4.69, 9.17) is 0 Å². The number of ketones is 1. The third-order valence-corrected chi connectivity index (χ3v) is 6.19. The largest absolute Gasteiger partial charge is 0.298 e. The molecule has 0 amide bonds. The predicted octanol–water partition coefficient (Wildman–Crippen LogP) is 3.66. The topological polar surface area (TPSA) is 51.2 Å². The third kappa shape index (κ3) is 6.07. The molecule has 1 aliphatic rings. The molecule has 112 valence electrons. The minimum absolute atomic E-state index is 0.0470. The molecule has 0 heterocycles. The van der Waals surface area contributed by atoms with Crippen LogP contribution in [0.3, 0.4) is 0 Å². The standard InChI is InChI=1S/C15H28O3S/c1-2-3-4-5-6-7-10-13-19(17,18)15-12-9-8-11-14(15)16/h15H,2-13H2,1H3. The molecule has 1 saturated carbocycles. The van der Waals surface area contributed by atoms with Crippen molar-refractivity contribution < 1.29 is 13.2 Å². The quantitative estimate of drug-likeness (QED) is 0.608. The fraction of sp³-hybridized carbons (Fsp3) is 0.933. The molecule has 0 aliphatic heterocycles. The van der Waals surface area contributed by atoms with Gasteiger partial charge in [-0.1, -0.05) is 51.9 Å². The fourth-order valence-corrected chi connectivity index (χ4v) is 4.67. The van der Waals surface area contributed by atoms with Gasteiger partial charge in [-0.15, -0.1) is 0 Å². The Morgan fingerprint density at radius 1 is 1.00 bits per heavy atom. The van der Waals surface area contributed by atoms with E-state index in [0.717, 1.165) is 32.1 Å². The summed E-state index contributed by atoms with van der Waals surface area (Å²) < 4.78 is 24.2. The molecule has 0 N–H and O–H groups in total. The van der Waals surface area contributed by atoms with Crippen molar-refractivity contribution in [3.05, 3.63) is 0 Å². The minimum atomic E-state index is -3.18. The number of sulfone groups is 1. The van der Waals surface area contributed by atoms with Crippen LogP contribution in [0.5, 0.6) is 0 Å². The summed E-state index contributed by atoms with van der Waals surface area (Å²) in [4.78, 5) is 11.7. The van der Waals surface area contributed by atoms with E-state index in [1.54, 1.807) is 0 Å². The molecule has 4 heteroatoms. The zero-order chi connectivity index (χ0) is 14.1. The summed E-state index contributed by atoms with van der Waals surface area (Å²) in [6.07, 6.45) is 10.5. The van der Waals surface area contributed by atoms with Crippen LogP contribution in [0.2, 0.25) is 0 Å². The van der Waals surface area contributed by atoms with Crippen molar-refractivity contribution >= 4 is 15.6 Å². The van der Waals surface area contributed by atoms with Crippen molar-refractivity contribution in [2.75, 3.05) is 5.75 Å². The molecular weight excluding hydrogens is 260 g/mol. The van der Waals surface area contributed by atoms with Crippen LogP contribution >= 0.6 is 0 Å². The Labute approximate surface area is 118 Å². The number of rotatable bonds is 9. The van der Waals surface area contributed by atoms with Crippen molar-refractivity contribution in [1.29, 1.82) is 0 Å². The first-order valence-corrected chi connectivity index (χ1v) is 9.53. The van der Waals surface area contributed by atoms with Crippen molar-refractivity contribution in [2.24, 2.45) is 0 Å². The normalized spacial score (nSPS) is 20.7. The molecule has 1 rings (SSSR count). The molecule has 3 nitrogen and oxygen atoms in total. The van der Waals surface area contributed by atoms with Gasteiger partial charge in [0.1, 0.15) is 5.25 Å². The Bertz CT molecular complexity index is 360. The number of hydrogen-bond donors (Lipinski definition) is 0. The van der Waals surface area contributed by atoms with Gasteiger partial charge in [0.15, 0.2) is 15.6 Å². The van der Waals surface area contributed by atoms with Gasteiger partial charge in [0.2, 0.25) is 0 Å². The van der Waals surface area contributed by atoms with Gasteiger partial charge in [0.25, 0.3) is 0 Å². The number of hydrogen-bond acceptors (Lipinski definition) is 3. The summed E-state index contributed by atoms with van der Waals surface area (Å²) in [6, 6.07) is 0. The lowest BCUT2D eigenvalue weighted by atomic mass is 9.99. The molecule has 0 radical (unpaired) electrons. The highest BCUT2D eigenvalue weighted by Gasteiger charge is 2.33. The zero-order valence-electron chi connectivity index (χ0n) is 12.2. The highest BCUT2D eigenvalue weighted by atomic mass is 32.2. The lowest BCUT2D eigenvalue weighted by Crippen LogP contribution is -2.34. The van der Waals surface area contributed by atoms with Gasteiger partial charge >= 0.3 is 0 Å². The van der Waals surface area contributed by atoms with E-state index in [1.807, 2.05) is 0 Å². The smallest absolute Gasteiger partial charge is 0.160 e. The first kappa shape index (κ1) is 16.7. The molecule has 0 saturated heterocycles. The monoisotopic (exact) mass is 288 g/mol. The van der Waals surface area contributed by atoms with Gasteiger partial charge in [0.05, 0.1) is 5.75 Å². The number of carbonyl (C=O) groups is 1. The molecule has 0 aromatic carbocycles. The maximum atomic E-state index is 12.1. The van der Waals surface area contributed by atoms with Crippen LogP contribution in [0.4, 0.5) is 0 Å². The molecule has 1 atom stereocenters. The van der Waals surface area contributed by atoms with Gasteiger partial charge in [-0.3, -0.25) is 4.79 Å². The molecule has 0 spiro atoms. The Hall–Kier alpha value is -0.380. The SMILES string of the molecule is CCCCCCCCCS(=O)(=O)C1CCCCC1=O. The van der Waals surface area contributed by atoms with E-state index < -0.39 is 15.1 Å². The maximum absolute atomic E-state index is 12.1. The van der Waals surface area contributed by atoms with Crippen LogP contribution in [-0.2, 0) is 14.6 Å². The highest BCUT2D eigenvalue weighted by Crippen LogP contribution is 2.22. The molecule has 1 fully saturated rings. The van der Waals surface area contributed by atoms with Gasteiger partial charge in [-0.2, -0.15) is 0 Å². The summed E-state index contributed by atoms with van der Waals surface area (Å²) in [5.74, 6) is 0.158. The molecule has 0 aromatic heterocycles. The Balaban J connectivity index is 2.21. The summed E-state index contributed by atoms with van der Waals surface area (Å²) in [5.41, 5.74) is 0. The van der Waals surface area contributed by atoms with Crippen LogP contribution in [0.25, 0.3) is 0 Å². The van der Waals surface area contributed by atoms with E-state index in [0.29, 0.717) is 12.8 Å². The lowest BCUT2D eigenvalue weighted by molar-refractivity contribution is -0.119. The summed E-state index contributed by atoms with van der Waals surface area (Å²) in [5, 5.41) is -0.679. The molecule has 0 bridgehead atoms. The van der Waals surface area contributed by atoms with Gasteiger partial charge in [-0.25, -0.2) is 8.42 Å². The first-order chi connectivity index (χ1) is 9.08. The minimum Gasteiger partial charge on any atom is -0.298 e. The van der Waals surface area contributed by atoms with Crippen LogP contribution in [0.15, 0.2) is 0 Å². The van der Waals surface area contributed by atoms with Gasteiger partial charge in [-0.05, 0) is 19.3 Å². The van der Waals surface area contributed by atoms with Crippen LogP contribution < -0.4 is 0 Å². The number of Topliss-reactive ketones (excluding diaryl/α,β-unsaturated/α-hetero) is 1. The first-order valence-electron chi connectivity index (χ1n) is 7.82. The van der Waals surface area contributed by atoms with Crippen molar-refractivity contribution in [3.8, 4) is 0 Å². The average Bonchev–Trinajstić information content (AvgIpc) is 2.38. The number of carbonyl (C=O) groups excluding carboxylic acids is 1. The highest BCUT2D eigenvalue weighted by molar-refractivity contribution is 7.92. The fourth-order valence-electron chi connectivity index (χ4n) is 2.73. The van der Waals surface area contributed by atoms with Crippen LogP contribution in [0, 0.1) is 0 Å². The lowest BCUT2D eigenvalue weighted by Gasteiger charge is -2.20. The molecular formula is C15H28O3S. The summed E-state index contributed by atoms with van der Waals surface area (Å²) >= 11 is 0. The molecule has 1 unspecified atom stereocenters. The maximum Gasteiger partial charge on any atom is 0.160 e. The van der Waals surface area contributed by atoms with Gasteiger partial charge < -0.3 is 0 Å². The Morgan fingerprint density at radius 3 is 2.26 bits per heavy atom. The van der Waals surface area contributed by atoms with Gasteiger partial charge in [0, 0.05) is 6.42 Å². The Kier molecular flexibility index (Phi) is 7.66. The summed E-state index contributed by atoms with van der Waals surface area (Å²) in [7, 11) is -3.18. The molecule has 0 aromatic rings. The molecule has 1 aliphatic carbocycles. The average molecular weight is 288 g/mol. The van der Waals surface area contributed by atoms with Crippen LogP contribution in [-0.4, -0.2) is 25.2 Å². The van der Waals surface area contributed by atoms with E-state index in [9.17, 15) is 13.2 Å². The Morgan fingerprint density at radius 2 is 1.63 bits per heavy atom. The van der Waals surface area contributed by atoms with E-state index >= 15 is 0 Å².